The van der Waals surface area contributed by atoms with E-state index in [0.717, 1.165) is 30.2 Å². The van der Waals surface area contributed by atoms with Crippen molar-refractivity contribution in [1.82, 2.24) is 14.8 Å². The maximum Gasteiger partial charge on any atom is 0.238 e. The number of primary sulfonamides is 1. The predicted octanol–water partition coefficient (Wildman–Crippen LogP) is 2.71. The van der Waals surface area contributed by atoms with Crippen molar-refractivity contribution < 1.29 is 13.2 Å². The number of aromatic nitrogens is 3. The third-order valence-electron chi connectivity index (χ3n) is 4.89. The maximum absolute atomic E-state index is 12.3. The molecule has 0 saturated heterocycles. The molecule has 0 aliphatic rings. The van der Waals surface area contributed by atoms with Crippen molar-refractivity contribution in [3.8, 4) is 11.4 Å². The van der Waals surface area contributed by atoms with Gasteiger partial charge in [0.25, 0.3) is 0 Å². The topological polar surface area (TPSA) is 123 Å². The molecule has 0 atom stereocenters. The second kappa shape index (κ2) is 10.2. The second-order valence-corrected chi connectivity index (χ2v) is 9.49. The summed E-state index contributed by atoms with van der Waals surface area (Å²) in [5, 5.41) is 16.9. The van der Waals surface area contributed by atoms with Crippen molar-refractivity contribution in [3.05, 3.63) is 48.5 Å². The number of nitrogens with zero attached hydrogens (tertiary/aromatic N) is 4. The molecular weight excluding hydrogens is 448 g/mol. The zero-order valence-electron chi connectivity index (χ0n) is 18.1. The summed E-state index contributed by atoms with van der Waals surface area (Å²) in [6.07, 6.45) is 0. The second-order valence-electron chi connectivity index (χ2n) is 6.99. The van der Waals surface area contributed by atoms with Gasteiger partial charge in [-0.2, -0.15) is 0 Å². The van der Waals surface area contributed by atoms with Gasteiger partial charge in [0.2, 0.25) is 15.9 Å². The third-order valence-corrected chi connectivity index (χ3v) is 6.84. The molecule has 0 radical (unpaired) electrons. The Labute approximate surface area is 192 Å². The molecule has 3 N–H and O–H groups in total. The van der Waals surface area contributed by atoms with Crippen molar-refractivity contribution >= 4 is 39.1 Å². The van der Waals surface area contributed by atoms with E-state index in [2.05, 4.69) is 46.4 Å². The van der Waals surface area contributed by atoms with Crippen LogP contribution in [0.3, 0.4) is 0 Å². The van der Waals surface area contributed by atoms with Crippen molar-refractivity contribution in [3.63, 3.8) is 0 Å². The highest BCUT2D eigenvalue weighted by Crippen LogP contribution is 2.25. The lowest BCUT2D eigenvalue weighted by atomic mass is 10.2. The molecule has 0 aliphatic heterocycles. The van der Waals surface area contributed by atoms with Crippen LogP contribution in [0.15, 0.2) is 58.6 Å². The molecule has 0 fully saturated rings. The molecular formula is C21H26N6O3S2. The summed E-state index contributed by atoms with van der Waals surface area (Å²) in [5.41, 5.74) is 2.58. The van der Waals surface area contributed by atoms with Crippen molar-refractivity contribution in [2.45, 2.75) is 23.9 Å². The fourth-order valence-electron chi connectivity index (χ4n) is 3.16. The highest BCUT2D eigenvalue weighted by atomic mass is 32.2. The van der Waals surface area contributed by atoms with Gasteiger partial charge in [0.05, 0.1) is 10.6 Å². The molecule has 0 unspecified atom stereocenters. The van der Waals surface area contributed by atoms with Gasteiger partial charge in [-0.3, -0.25) is 4.79 Å². The number of amides is 1. The lowest BCUT2D eigenvalue weighted by molar-refractivity contribution is -0.113. The lowest BCUT2D eigenvalue weighted by Crippen LogP contribution is -2.21. The van der Waals surface area contributed by atoms with E-state index in [-0.39, 0.29) is 16.6 Å². The van der Waals surface area contributed by atoms with Gasteiger partial charge in [0, 0.05) is 37.1 Å². The molecule has 1 aromatic heterocycles. The number of nitrogens with one attached hydrogen (secondary N) is 1. The minimum atomic E-state index is -3.77. The average Bonchev–Trinajstić information content (AvgIpc) is 3.14. The Balaban J connectivity index is 1.61. The fourth-order valence-corrected chi connectivity index (χ4v) is 4.38. The predicted molar refractivity (Wildman–Crippen MR) is 127 cm³/mol. The highest BCUT2D eigenvalue weighted by Gasteiger charge is 2.14. The average molecular weight is 475 g/mol. The van der Waals surface area contributed by atoms with E-state index < -0.39 is 10.0 Å². The van der Waals surface area contributed by atoms with E-state index in [4.69, 9.17) is 5.14 Å². The van der Waals surface area contributed by atoms with Crippen LogP contribution in [0.4, 0.5) is 11.4 Å². The molecule has 0 spiro atoms. The molecule has 0 aliphatic carbocycles. The largest absolute Gasteiger partial charge is 0.372 e. The smallest absolute Gasteiger partial charge is 0.238 e. The van der Waals surface area contributed by atoms with Crippen molar-refractivity contribution in [1.29, 1.82) is 0 Å². The van der Waals surface area contributed by atoms with E-state index in [1.54, 1.807) is 0 Å². The normalized spacial score (nSPS) is 11.4. The van der Waals surface area contributed by atoms with Crippen LogP contribution in [0.1, 0.15) is 13.8 Å². The summed E-state index contributed by atoms with van der Waals surface area (Å²) in [4.78, 5) is 14.5. The molecule has 1 heterocycles. The monoisotopic (exact) mass is 474 g/mol. The number of nitrogens with two attached hydrogens (primary N) is 1. The lowest BCUT2D eigenvalue weighted by Gasteiger charge is -2.21. The number of thioether (sulfide) groups is 1. The van der Waals surface area contributed by atoms with E-state index in [1.165, 1.54) is 36.0 Å². The fraction of sp³-hybridized carbons (Fsp3) is 0.286. The molecule has 32 heavy (non-hydrogen) atoms. The third kappa shape index (κ3) is 5.67. The van der Waals surface area contributed by atoms with E-state index in [0.29, 0.717) is 10.8 Å². The first-order chi connectivity index (χ1) is 15.2. The first-order valence-electron chi connectivity index (χ1n) is 10.0. The summed E-state index contributed by atoms with van der Waals surface area (Å²) < 4.78 is 24.5. The summed E-state index contributed by atoms with van der Waals surface area (Å²) in [6.45, 7) is 6.14. The van der Waals surface area contributed by atoms with Crippen LogP contribution in [0, 0.1) is 0 Å². The molecule has 1 amide bonds. The number of sulfonamides is 1. The van der Waals surface area contributed by atoms with Crippen LogP contribution in [-0.2, 0) is 21.9 Å². The van der Waals surface area contributed by atoms with Gasteiger partial charge in [-0.05, 0) is 62.4 Å². The number of anilines is 2. The summed E-state index contributed by atoms with van der Waals surface area (Å²) in [6, 6.07) is 13.8. The molecule has 0 saturated carbocycles. The summed E-state index contributed by atoms with van der Waals surface area (Å²) in [5.74, 6) is 0.605. The number of benzene rings is 2. The number of hydrogen-bond acceptors (Lipinski definition) is 7. The minimum absolute atomic E-state index is 0.0124. The molecule has 2 aromatic carbocycles. The molecule has 170 valence electrons. The molecule has 0 bridgehead atoms. The van der Waals surface area contributed by atoms with Crippen LogP contribution in [-0.4, -0.2) is 47.9 Å². The number of carbonyl (C=O) groups is 1. The van der Waals surface area contributed by atoms with E-state index in [9.17, 15) is 13.2 Å². The van der Waals surface area contributed by atoms with Crippen LogP contribution in [0.25, 0.3) is 11.4 Å². The van der Waals surface area contributed by atoms with Gasteiger partial charge < -0.3 is 14.8 Å². The van der Waals surface area contributed by atoms with Crippen LogP contribution >= 0.6 is 11.8 Å². The quantitative estimate of drug-likeness (QED) is 0.457. The molecule has 3 rings (SSSR count). The van der Waals surface area contributed by atoms with Crippen LogP contribution in [0.2, 0.25) is 0 Å². The maximum atomic E-state index is 12.3. The van der Waals surface area contributed by atoms with Gasteiger partial charge in [-0.1, -0.05) is 11.8 Å². The van der Waals surface area contributed by atoms with Crippen LogP contribution < -0.4 is 15.4 Å². The molecule has 11 heteroatoms. The Bertz CT molecular complexity index is 1170. The van der Waals surface area contributed by atoms with Gasteiger partial charge in [0.15, 0.2) is 11.0 Å². The Morgan fingerprint density at radius 1 is 1.06 bits per heavy atom. The van der Waals surface area contributed by atoms with Gasteiger partial charge >= 0.3 is 0 Å². The van der Waals surface area contributed by atoms with E-state index in [1.807, 2.05) is 23.7 Å². The Morgan fingerprint density at radius 3 is 2.25 bits per heavy atom. The summed E-state index contributed by atoms with van der Waals surface area (Å²) in [7, 11) is -1.91. The van der Waals surface area contributed by atoms with Crippen molar-refractivity contribution in [2.24, 2.45) is 12.2 Å². The zero-order chi connectivity index (χ0) is 23.3. The number of rotatable bonds is 9. The van der Waals surface area contributed by atoms with Crippen molar-refractivity contribution in [2.75, 3.05) is 29.1 Å². The molecule has 9 nitrogen and oxygen atoms in total. The Hall–Kier alpha value is -2.89. The molecule has 3 aromatic rings. The Kier molecular flexibility index (Phi) is 7.54. The number of hydrogen-bond donors (Lipinski definition) is 2. The standard InChI is InChI=1S/C21H26N6O3S2/c1-4-27(5-2)17-10-6-15(7-11-17)20-24-25-21(26(20)3)31-14-19(28)23-16-8-12-18(13-9-16)32(22,29)30/h6-13H,4-5,14H2,1-3H3,(H,23,28)(H2,22,29,30). The SMILES string of the molecule is CCN(CC)c1ccc(-c2nnc(SCC(=O)Nc3ccc(S(N)(=O)=O)cc3)n2C)cc1. The van der Waals surface area contributed by atoms with Gasteiger partial charge in [-0.25, -0.2) is 13.6 Å². The first-order valence-corrected chi connectivity index (χ1v) is 12.6. The number of carbonyl (C=O) groups excluding carboxylic acids is 1. The van der Waals surface area contributed by atoms with Gasteiger partial charge in [-0.15, -0.1) is 10.2 Å². The summed E-state index contributed by atoms with van der Waals surface area (Å²) >= 11 is 1.27. The van der Waals surface area contributed by atoms with Gasteiger partial charge in [0.1, 0.15) is 0 Å². The Morgan fingerprint density at radius 2 is 1.69 bits per heavy atom. The van der Waals surface area contributed by atoms with Crippen LogP contribution in [0.5, 0.6) is 0 Å². The first kappa shape index (κ1) is 23.8. The highest BCUT2D eigenvalue weighted by molar-refractivity contribution is 7.99. The zero-order valence-corrected chi connectivity index (χ0v) is 19.8. The van der Waals surface area contributed by atoms with E-state index >= 15 is 0 Å². The minimum Gasteiger partial charge on any atom is -0.372 e.